The highest BCUT2D eigenvalue weighted by Gasteiger charge is 2.23. The molecular weight excluding hydrogens is 314 g/mol. The quantitative estimate of drug-likeness (QED) is 0.649. The van der Waals surface area contributed by atoms with Gasteiger partial charge in [-0.25, -0.2) is 5.48 Å². The molecular formula is C20H25N3O2. The molecule has 0 aromatic heterocycles. The van der Waals surface area contributed by atoms with E-state index in [0.717, 1.165) is 43.9 Å². The lowest BCUT2D eigenvalue weighted by molar-refractivity contribution is -0.129. The van der Waals surface area contributed by atoms with E-state index in [1.54, 1.807) is 5.48 Å². The molecule has 1 atom stereocenters. The Labute approximate surface area is 148 Å². The van der Waals surface area contributed by atoms with Crippen LogP contribution in [0.25, 0.3) is 0 Å². The molecule has 2 N–H and O–H groups in total. The molecule has 1 heterocycles. The van der Waals surface area contributed by atoms with E-state index in [1.165, 1.54) is 5.69 Å². The summed E-state index contributed by atoms with van der Waals surface area (Å²) >= 11 is 0. The number of nitrogens with one attached hydrogen (secondary N) is 1. The fourth-order valence-electron chi connectivity index (χ4n) is 3.41. The van der Waals surface area contributed by atoms with Crippen LogP contribution in [0.15, 0.2) is 54.6 Å². The van der Waals surface area contributed by atoms with Gasteiger partial charge < -0.3 is 9.80 Å². The zero-order chi connectivity index (χ0) is 17.6. The maximum Gasteiger partial charge on any atom is 0.255 e. The summed E-state index contributed by atoms with van der Waals surface area (Å²) in [5.41, 5.74) is 4.70. The van der Waals surface area contributed by atoms with Crippen LogP contribution in [0.3, 0.4) is 0 Å². The van der Waals surface area contributed by atoms with Gasteiger partial charge in [-0.15, -0.1) is 0 Å². The zero-order valence-corrected chi connectivity index (χ0v) is 14.6. The van der Waals surface area contributed by atoms with Crippen molar-refractivity contribution in [1.29, 1.82) is 0 Å². The summed E-state index contributed by atoms with van der Waals surface area (Å²) in [6.45, 7) is 7.50. The fourth-order valence-corrected chi connectivity index (χ4v) is 3.41. The molecule has 0 saturated carbocycles. The van der Waals surface area contributed by atoms with E-state index in [0.29, 0.717) is 0 Å². The minimum absolute atomic E-state index is 0.421. The molecule has 1 aliphatic heterocycles. The van der Waals surface area contributed by atoms with Crippen LogP contribution in [0, 0.1) is 0 Å². The normalized spacial score (nSPS) is 16.5. The van der Waals surface area contributed by atoms with Crippen molar-refractivity contribution in [3.63, 3.8) is 0 Å². The number of carbonyl (C=O) groups is 1. The zero-order valence-electron chi connectivity index (χ0n) is 14.6. The molecule has 2 aromatic carbocycles. The van der Waals surface area contributed by atoms with Crippen molar-refractivity contribution in [1.82, 2.24) is 10.4 Å². The number of carbonyl (C=O) groups excluding carboxylic acids is 1. The van der Waals surface area contributed by atoms with Crippen LogP contribution in [0.5, 0.6) is 0 Å². The topological polar surface area (TPSA) is 55.8 Å². The Morgan fingerprint density at radius 2 is 1.60 bits per heavy atom. The summed E-state index contributed by atoms with van der Waals surface area (Å²) < 4.78 is 0. The number of amides is 1. The smallest absolute Gasteiger partial charge is 0.255 e. The summed E-state index contributed by atoms with van der Waals surface area (Å²) in [4.78, 5) is 17.0. The molecule has 0 bridgehead atoms. The van der Waals surface area contributed by atoms with E-state index in [4.69, 9.17) is 5.21 Å². The van der Waals surface area contributed by atoms with Gasteiger partial charge in [-0.2, -0.15) is 0 Å². The first-order valence-electron chi connectivity index (χ1n) is 8.79. The Balaban J connectivity index is 1.79. The first kappa shape index (κ1) is 17.5. The number of anilines is 1. The first-order chi connectivity index (χ1) is 12.2. The Kier molecular flexibility index (Phi) is 5.68. The Bertz CT molecular complexity index is 680. The van der Waals surface area contributed by atoms with Crippen molar-refractivity contribution in [2.75, 3.05) is 37.6 Å². The van der Waals surface area contributed by atoms with E-state index in [9.17, 15) is 4.79 Å². The van der Waals surface area contributed by atoms with E-state index >= 15 is 0 Å². The second kappa shape index (κ2) is 8.14. The highest BCUT2D eigenvalue weighted by atomic mass is 16.5. The third-order valence-electron chi connectivity index (χ3n) is 4.92. The molecule has 2 aromatic rings. The molecule has 0 spiro atoms. The van der Waals surface area contributed by atoms with Gasteiger partial charge in [0.1, 0.15) is 0 Å². The monoisotopic (exact) mass is 339 g/mol. The van der Waals surface area contributed by atoms with Crippen LogP contribution in [-0.4, -0.2) is 48.7 Å². The van der Waals surface area contributed by atoms with E-state index < -0.39 is 11.8 Å². The lowest BCUT2D eigenvalue weighted by Crippen LogP contribution is -2.46. The Hall–Kier alpha value is -2.37. The van der Waals surface area contributed by atoms with Crippen molar-refractivity contribution < 1.29 is 10.0 Å². The fraction of sp³-hybridized carbons (Fsp3) is 0.350. The van der Waals surface area contributed by atoms with Crippen LogP contribution < -0.4 is 10.4 Å². The third-order valence-corrected chi connectivity index (χ3v) is 4.92. The molecule has 3 rings (SSSR count). The number of hydroxylamine groups is 1. The van der Waals surface area contributed by atoms with Gasteiger partial charge in [0.15, 0.2) is 0 Å². The Morgan fingerprint density at radius 1 is 1.00 bits per heavy atom. The number of hydrogen-bond donors (Lipinski definition) is 2. The van der Waals surface area contributed by atoms with Crippen LogP contribution in [0.2, 0.25) is 0 Å². The number of rotatable bonds is 5. The highest BCUT2D eigenvalue weighted by Crippen LogP contribution is 2.27. The van der Waals surface area contributed by atoms with E-state index in [1.807, 2.05) is 42.5 Å². The predicted octanol–water partition coefficient (Wildman–Crippen LogP) is 2.47. The summed E-state index contributed by atoms with van der Waals surface area (Å²) in [5, 5.41) is 9.12. The van der Waals surface area contributed by atoms with Crippen molar-refractivity contribution in [3.05, 3.63) is 65.7 Å². The largest absolute Gasteiger partial charge is 0.369 e. The number of hydrogen-bond acceptors (Lipinski definition) is 4. The molecule has 132 valence electrons. The van der Waals surface area contributed by atoms with E-state index in [2.05, 4.69) is 28.9 Å². The average molecular weight is 339 g/mol. The minimum atomic E-state index is -0.516. The SMILES string of the molecule is CCN1CCN(c2ccc(C(C(=O)NO)c3ccccc3)cc2)CC1. The molecule has 25 heavy (non-hydrogen) atoms. The van der Waals surface area contributed by atoms with Gasteiger partial charge in [0.25, 0.3) is 5.91 Å². The Morgan fingerprint density at radius 3 is 2.16 bits per heavy atom. The molecule has 0 radical (unpaired) electrons. The highest BCUT2D eigenvalue weighted by molar-refractivity contribution is 5.86. The maximum atomic E-state index is 12.2. The predicted molar refractivity (Wildman–Crippen MR) is 99.0 cm³/mol. The van der Waals surface area contributed by atoms with Crippen LogP contribution in [-0.2, 0) is 4.79 Å². The summed E-state index contributed by atoms with van der Waals surface area (Å²) in [6, 6.07) is 17.6. The maximum absolute atomic E-state index is 12.2. The number of nitrogens with zero attached hydrogens (tertiary/aromatic N) is 2. The van der Waals surface area contributed by atoms with Crippen molar-refractivity contribution in [2.24, 2.45) is 0 Å². The number of piperazine rings is 1. The van der Waals surface area contributed by atoms with E-state index in [-0.39, 0.29) is 0 Å². The third kappa shape index (κ3) is 4.00. The molecule has 1 unspecified atom stereocenters. The average Bonchev–Trinajstić information content (AvgIpc) is 2.69. The summed E-state index contributed by atoms with van der Waals surface area (Å²) in [5.74, 6) is -0.937. The molecule has 5 heteroatoms. The minimum Gasteiger partial charge on any atom is -0.369 e. The number of benzene rings is 2. The van der Waals surface area contributed by atoms with Crippen molar-refractivity contribution in [3.8, 4) is 0 Å². The number of likely N-dealkylation sites (N-methyl/N-ethyl adjacent to an activating group) is 1. The summed E-state index contributed by atoms with van der Waals surface area (Å²) in [6.07, 6.45) is 0. The van der Waals surface area contributed by atoms with Crippen LogP contribution >= 0.6 is 0 Å². The van der Waals surface area contributed by atoms with Gasteiger partial charge in [0.05, 0.1) is 5.92 Å². The second-order valence-corrected chi connectivity index (χ2v) is 6.33. The van der Waals surface area contributed by atoms with Gasteiger partial charge in [0, 0.05) is 31.9 Å². The van der Waals surface area contributed by atoms with Gasteiger partial charge in [-0.3, -0.25) is 10.0 Å². The second-order valence-electron chi connectivity index (χ2n) is 6.33. The van der Waals surface area contributed by atoms with Gasteiger partial charge >= 0.3 is 0 Å². The van der Waals surface area contributed by atoms with Crippen LogP contribution in [0.1, 0.15) is 24.0 Å². The standard InChI is InChI=1S/C20H25N3O2/c1-2-22-12-14-23(15-13-22)18-10-8-17(9-11-18)19(20(24)21-25)16-6-4-3-5-7-16/h3-11,19,25H,2,12-15H2,1H3,(H,21,24). The lowest BCUT2D eigenvalue weighted by atomic mass is 9.90. The van der Waals surface area contributed by atoms with Crippen molar-refractivity contribution >= 4 is 11.6 Å². The van der Waals surface area contributed by atoms with Gasteiger partial charge in [-0.05, 0) is 29.8 Å². The molecule has 0 aliphatic carbocycles. The van der Waals surface area contributed by atoms with Crippen LogP contribution in [0.4, 0.5) is 5.69 Å². The summed E-state index contributed by atoms with van der Waals surface area (Å²) in [7, 11) is 0. The lowest BCUT2D eigenvalue weighted by Gasteiger charge is -2.35. The molecule has 1 saturated heterocycles. The van der Waals surface area contributed by atoms with Gasteiger partial charge in [-0.1, -0.05) is 49.4 Å². The van der Waals surface area contributed by atoms with Gasteiger partial charge in [0.2, 0.25) is 0 Å². The first-order valence-corrected chi connectivity index (χ1v) is 8.79. The molecule has 1 aliphatic rings. The molecule has 1 fully saturated rings. The van der Waals surface area contributed by atoms with Crippen molar-refractivity contribution in [2.45, 2.75) is 12.8 Å². The molecule has 1 amide bonds. The molecule has 5 nitrogen and oxygen atoms in total.